The fourth-order valence-corrected chi connectivity index (χ4v) is 4.02. The van der Waals surface area contributed by atoms with Gasteiger partial charge in [-0.05, 0) is 37.0 Å². The predicted molar refractivity (Wildman–Crippen MR) is 112 cm³/mol. The number of hydrogen-bond acceptors (Lipinski definition) is 3. The number of para-hydroxylation sites is 2. The molecule has 4 rings (SSSR count). The highest BCUT2D eigenvalue weighted by Gasteiger charge is 2.32. The number of fused-ring (bicyclic) bond motifs is 1. The van der Waals surface area contributed by atoms with Crippen LogP contribution in [-0.4, -0.2) is 49.6 Å². The highest BCUT2D eigenvalue weighted by atomic mass is 16.5. The van der Waals surface area contributed by atoms with Gasteiger partial charge in [0, 0.05) is 19.6 Å². The zero-order valence-corrected chi connectivity index (χ0v) is 16.5. The summed E-state index contributed by atoms with van der Waals surface area (Å²) in [6.45, 7) is 2.78. The fourth-order valence-electron chi connectivity index (χ4n) is 4.02. The van der Waals surface area contributed by atoms with E-state index in [0.717, 1.165) is 30.7 Å². The minimum Gasteiger partial charge on any atom is -0.490 e. The van der Waals surface area contributed by atoms with Gasteiger partial charge in [0.15, 0.2) is 0 Å². The topological polar surface area (TPSA) is 61.9 Å². The van der Waals surface area contributed by atoms with Gasteiger partial charge in [-0.3, -0.25) is 9.69 Å². The van der Waals surface area contributed by atoms with Crippen LogP contribution in [0.4, 0.5) is 10.5 Å². The third kappa shape index (κ3) is 4.53. The second-order valence-corrected chi connectivity index (χ2v) is 7.56. The van der Waals surface area contributed by atoms with E-state index in [2.05, 4.69) is 17.4 Å². The summed E-state index contributed by atoms with van der Waals surface area (Å²) in [4.78, 5) is 29.4. The van der Waals surface area contributed by atoms with Crippen LogP contribution < -0.4 is 15.0 Å². The Morgan fingerprint density at radius 2 is 1.83 bits per heavy atom. The van der Waals surface area contributed by atoms with E-state index in [1.54, 1.807) is 4.90 Å². The summed E-state index contributed by atoms with van der Waals surface area (Å²) in [6, 6.07) is 17.7. The van der Waals surface area contributed by atoms with Crippen LogP contribution >= 0.6 is 0 Å². The molecule has 1 N–H and O–H groups in total. The molecule has 0 aromatic heterocycles. The molecule has 0 spiro atoms. The first-order valence-electron chi connectivity index (χ1n) is 10.3. The van der Waals surface area contributed by atoms with Crippen molar-refractivity contribution < 1.29 is 14.3 Å². The molecular formula is C23H27N3O3. The molecule has 1 saturated heterocycles. The van der Waals surface area contributed by atoms with Crippen LogP contribution in [0.25, 0.3) is 0 Å². The Kier molecular flexibility index (Phi) is 5.98. The van der Waals surface area contributed by atoms with E-state index in [1.165, 1.54) is 5.56 Å². The van der Waals surface area contributed by atoms with Crippen molar-refractivity contribution in [3.05, 3.63) is 60.2 Å². The maximum absolute atomic E-state index is 13.1. The van der Waals surface area contributed by atoms with E-state index in [4.69, 9.17) is 4.74 Å². The Balaban J connectivity index is 1.33. The van der Waals surface area contributed by atoms with E-state index < -0.39 is 0 Å². The Morgan fingerprint density at radius 1 is 1.03 bits per heavy atom. The van der Waals surface area contributed by atoms with Gasteiger partial charge < -0.3 is 15.0 Å². The molecule has 2 aliphatic rings. The van der Waals surface area contributed by atoms with Gasteiger partial charge in [-0.25, -0.2) is 4.79 Å². The van der Waals surface area contributed by atoms with Crippen molar-refractivity contribution in [3.8, 4) is 5.75 Å². The zero-order valence-electron chi connectivity index (χ0n) is 16.5. The minimum absolute atomic E-state index is 0.0393. The third-order valence-electron chi connectivity index (χ3n) is 5.58. The first kappa shape index (κ1) is 19.3. The quantitative estimate of drug-likeness (QED) is 0.868. The molecule has 0 aliphatic carbocycles. The monoisotopic (exact) mass is 393 g/mol. The van der Waals surface area contributed by atoms with E-state index in [0.29, 0.717) is 32.8 Å². The molecule has 0 bridgehead atoms. The summed E-state index contributed by atoms with van der Waals surface area (Å²) in [6.07, 6.45) is 2.47. The van der Waals surface area contributed by atoms with Crippen molar-refractivity contribution in [1.82, 2.24) is 10.2 Å². The standard InChI is InChI=1S/C23H27N3O3/c27-22(24-13-12-18-7-2-1-3-8-18)19-9-6-14-25(17-19)23(28)26-15-16-29-21-11-5-4-10-20(21)26/h1-5,7-8,10-11,19H,6,9,12-17H2,(H,24,27). The number of carbonyl (C=O) groups excluding carboxylic acids is 2. The van der Waals surface area contributed by atoms with Crippen molar-refractivity contribution in [3.63, 3.8) is 0 Å². The molecule has 1 unspecified atom stereocenters. The molecule has 2 aromatic rings. The van der Waals surface area contributed by atoms with Crippen LogP contribution in [0, 0.1) is 5.92 Å². The Bertz CT molecular complexity index is 855. The number of likely N-dealkylation sites (tertiary alicyclic amines) is 1. The number of amides is 3. The van der Waals surface area contributed by atoms with Gasteiger partial charge in [0.1, 0.15) is 12.4 Å². The number of urea groups is 1. The van der Waals surface area contributed by atoms with Crippen LogP contribution in [0.5, 0.6) is 5.75 Å². The first-order valence-corrected chi connectivity index (χ1v) is 10.3. The number of anilines is 1. The minimum atomic E-state index is -0.153. The van der Waals surface area contributed by atoms with Gasteiger partial charge in [0.05, 0.1) is 18.2 Å². The highest BCUT2D eigenvalue weighted by Crippen LogP contribution is 2.32. The van der Waals surface area contributed by atoms with E-state index in [9.17, 15) is 9.59 Å². The number of nitrogens with one attached hydrogen (secondary N) is 1. The molecule has 2 aromatic carbocycles. The Morgan fingerprint density at radius 3 is 2.69 bits per heavy atom. The number of nitrogens with zero attached hydrogens (tertiary/aromatic N) is 2. The zero-order chi connectivity index (χ0) is 20.1. The summed E-state index contributed by atoms with van der Waals surface area (Å²) in [5.41, 5.74) is 2.01. The number of carbonyl (C=O) groups is 2. The van der Waals surface area contributed by atoms with Crippen molar-refractivity contribution in [2.75, 3.05) is 37.7 Å². The van der Waals surface area contributed by atoms with Crippen LogP contribution in [-0.2, 0) is 11.2 Å². The summed E-state index contributed by atoms with van der Waals surface area (Å²) < 4.78 is 5.65. The lowest BCUT2D eigenvalue weighted by atomic mass is 9.97. The lowest BCUT2D eigenvalue weighted by Crippen LogP contribution is -2.52. The lowest BCUT2D eigenvalue weighted by Gasteiger charge is -2.37. The molecule has 1 fully saturated rings. The van der Waals surface area contributed by atoms with Gasteiger partial charge in [0.2, 0.25) is 5.91 Å². The van der Waals surface area contributed by atoms with Gasteiger partial charge in [-0.2, -0.15) is 0 Å². The summed E-state index contributed by atoms with van der Waals surface area (Å²) >= 11 is 0. The molecule has 3 amide bonds. The fraction of sp³-hybridized carbons (Fsp3) is 0.391. The van der Waals surface area contributed by atoms with Crippen LogP contribution in [0.3, 0.4) is 0 Å². The molecule has 152 valence electrons. The molecular weight excluding hydrogens is 366 g/mol. The smallest absolute Gasteiger partial charge is 0.324 e. The van der Waals surface area contributed by atoms with Crippen molar-refractivity contribution >= 4 is 17.6 Å². The van der Waals surface area contributed by atoms with Gasteiger partial charge >= 0.3 is 6.03 Å². The average Bonchev–Trinajstić information content (AvgIpc) is 2.79. The number of hydrogen-bond donors (Lipinski definition) is 1. The molecule has 2 heterocycles. The SMILES string of the molecule is O=C(NCCc1ccccc1)C1CCCN(C(=O)N2CCOc3ccccc32)C1. The Labute approximate surface area is 171 Å². The average molecular weight is 393 g/mol. The van der Waals surface area contributed by atoms with Crippen molar-refractivity contribution in [2.45, 2.75) is 19.3 Å². The molecule has 29 heavy (non-hydrogen) atoms. The third-order valence-corrected chi connectivity index (χ3v) is 5.58. The molecule has 6 nitrogen and oxygen atoms in total. The second-order valence-electron chi connectivity index (χ2n) is 7.56. The van der Waals surface area contributed by atoms with Crippen LogP contribution in [0.15, 0.2) is 54.6 Å². The summed E-state index contributed by atoms with van der Waals surface area (Å²) in [5, 5.41) is 3.05. The van der Waals surface area contributed by atoms with Crippen molar-refractivity contribution in [1.29, 1.82) is 0 Å². The number of rotatable bonds is 4. The van der Waals surface area contributed by atoms with E-state index >= 15 is 0 Å². The summed E-state index contributed by atoms with van der Waals surface area (Å²) in [5.74, 6) is 0.625. The maximum atomic E-state index is 13.1. The number of piperidine rings is 1. The second kappa shape index (κ2) is 8.99. The largest absolute Gasteiger partial charge is 0.490 e. The number of ether oxygens (including phenoxy) is 1. The van der Waals surface area contributed by atoms with E-state index in [-0.39, 0.29) is 17.9 Å². The normalized spacial score (nSPS) is 18.6. The van der Waals surface area contributed by atoms with Crippen LogP contribution in [0.2, 0.25) is 0 Å². The van der Waals surface area contributed by atoms with Gasteiger partial charge in [0.25, 0.3) is 0 Å². The number of benzene rings is 2. The summed E-state index contributed by atoms with van der Waals surface area (Å²) in [7, 11) is 0. The van der Waals surface area contributed by atoms with Crippen LogP contribution in [0.1, 0.15) is 18.4 Å². The predicted octanol–water partition coefficient (Wildman–Crippen LogP) is 3.08. The van der Waals surface area contributed by atoms with Crippen molar-refractivity contribution in [2.24, 2.45) is 5.92 Å². The first-order chi connectivity index (χ1) is 14.2. The molecule has 0 radical (unpaired) electrons. The molecule has 6 heteroatoms. The lowest BCUT2D eigenvalue weighted by molar-refractivity contribution is -0.126. The molecule has 0 saturated carbocycles. The maximum Gasteiger partial charge on any atom is 0.324 e. The Hall–Kier alpha value is -3.02. The molecule has 2 aliphatic heterocycles. The van der Waals surface area contributed by atoms with Gasteiger partial charge in [-0.15, -0.1) is 0 Å². The van der Waals surface area contributed by atoms with E-state index in [1.807, 2.05) is 47.4 Å². The molecule has 1 atom stereocenters. The van der Waals surface area contributed by atoms with Gasteiger partial charge in [-0.1, -0.05) is 42.5 Å². The highest BCUT2D eigenvalue weighted by molar-refractivity contribution is 5.94.